The van der Waals surface area contributed by atoms with Crippen molar-refractivity contribution in [2.75, 3.05) is 39.6 Å². The van der Waals surface area contributed by atoms with E-state index in [9.17, 15) is 9.18 Å². The lowest BCUT2D eigenvalue weighted by Crippen LogP contribution is -2.26. The molecular weight excluding hydrogens is 421 g/mol. The summed E-state index contributed by atoms with van der Waals surface area (Å²) in [6.07, 6.45) is 3.21. The van der Waals surface area contributed by atoms with Crippen molar-refractivity contribution in [1.82, 2.24) is 14.5 Å². The summed E-state index contributed by atoms with van der Waals surface area (Å²) in [6, 6.07) is 8.78. The van der Waals surface area contributed by atoms with E-state index in [0.29, 0.717) is 40.6 Å². The molecule has 174 valence electrons. The summed E-state index contributed by atoms with van der Waals surface area (Å²) in [6.45, 7) is 6.62. The number of nitrogens with one attached hydrogen (secondary N) is 1. The Hall–Kier alpha value is -3.70. The van der Waals surface area contributed by atoms with Gasteiger partial charge in [0.25, 0.3) is 5.56 Å². The van der Waals surface area contributed by atoms with Crippen LogP contribution in [0.15, 0.2) is 59.2 Å². The maximum atomic E-state index is 14.6. The van der Waals surface area contributed by atoms with Crippen molar-refractivity contribution in [3.63, 3.8) is 0 Å². The summed E-state index contributed by atoms with van der Waals surface area (Å²) in [5, 5.41) is 12.3. The lowest BCUT2D eigenvalue weighted by molar-refractivity contribution is 0.405. The lowest BCUT2D eigenvalue weighted by Gasteiger charge is -2.17. The van der Waals surface area contributed by atoms with E-state index in [0.717, 1.165) is 19.0 Å². The molecule has 0 saturated heterocycles. The minimum Gasteiger partial charge on any atom is -0.497 e. The van der Waals surface area contributed by atoms with E-state index in [1.54, 1.807) is 51.4 Å². The number of hydrogen-bond acceptors (Lipinski definition) is 6. The lowest BCUT2D eigenvalue weighted by atomic mass is 10.00. The van der Waals surface area contributed by atoms with E-state index >= 15 is 0 Å². The molecule has 0 fully saturated rings. The largest absolute Gasteiger partial charge is 0.497 e. The molecule has 1 aromatic heterocycles. The van der Waals surface area contributed by atoms with Gasteiger partial charge >= 0.3 is 0 Å². The Kier molecular flexibility index (Phi) is 9.13. The Morgan fingerprint density at radius 3 is 2.58 bits per heavy atom. The molecule has 1 heterocycles. The van der Waals surface area contributed by atoms with Crippen LogP contribution in [-0.2, 0) is 7.05 Å². The van der Waals surface area contributed by atoms with E-state index in [1.165, 1.54) is 10.6 Å². The summed E-state index contributed by atoms with van der Waals surface area (Å²) in [7, 11) is 7.19. The first kappa shape index (κ1) is 25.6. The van der Waals surface area contributed by atoms with Crippen molar-refractivity contribution in [2.45, 2.75) is 13.3 Å². The number of anilines is 1. The van der Waals surface area contributed by atoms with E-state index in [4.69, 9.17) is 10.00 Å². The molecular formula is C25H30FN5O2. The molecule has 1 N–H and O–H groups in total. The Morgan fingerprint density at radius 2 is 2.03 bits per heavy atom. The fourth-order valence-corrected chi connectivity index (χ4v) is 3.19. The molecule has 0 amide bonds. The van der Waals surface area contributed by atoms with E-state index in [2.05, 4.69) is 21.8 Å². The van der Waals surface area contributed by atoms with Gasteiger partial charge in [0.15, 0.2) is 0 Å². The number of benzene rings is 1. The molecule has 2 aromatic rings. The van der Waals surface area contributed by atoms with Gasteiger partial charge < -0.3 is 15.0 Å². The van der Waals surface area contributed by atoms with Crippen LogP contribution in [0.4, 0.5) is 10.3 Å². The Labute approximate surface area is 194 Å². The molecule has 0 aliphatic rings. The molecule has 33 heavy (non-hydrogen) atoms. The molecule has 0 unspecified atom stereocenters. The van der Waals surface area contributed by atoms with Gasteiger partial charge in [0.2, 0.25) is 5.95 Å². The summed E-state index contributed by atoms with van der Waals surface area (Å²) in [5.41, 5.74) is 1.22. The number of nitriles is 1. The van der Waals surface area contributed by atoms with Crippen molar-refractivity contribution in [1.29, 1.82) is 5.26 Å². The number of nitrogens with zero attached hydrogens (tertiary/aromatic N) is 4. The second-order valence-electron chi connectivity index (χ2n) is 7.74. The molecule has 0 aliphatic heterocycles. The topological polar surface area (TPSA) is 83.2 Å². The zero-order valence-corrected chi connectivity index (χ0v) is 19.8. The number of hydrogen-bond donors (Lipinski definition) is 1. The maximum absolute atomic E-state index is 14.6. The minimum absolute atomic E-state index is 0.189. The zero-order chi connectivity index (χ0) is 24.5. The van der Waals surface area contributed by atoms with Crippen LogP contribution >= 0.6 is 0 Å². The van der Waals surface area contributed by atoms with Gasteiger partial charge in [0.1, 0.15) is 17.6 Å². The van der Waals surface area contributed by atoms with Crippen LogP contribution in [-0.4, -0.2) is 48.7 Å². The summed E-state index contributed by atoms with van der Waals surface area (Å²) < 4.78 is 21.3. The van der Waals surface area contributed by atoms with Crippen LogP contribution in [0.5, 0.6) is 5.75 Å². The molecule has 2 rings (SSSR count). The minimum atomic E-state index is -0.742. The average Bonchev–Trinajstić information content (AvgIpc) is 2.79. The van der Waals surface area contributed by atoms with Crippen LogP contribution in [0.2, 0.25) is 0 Å². The van der Waals surface area contributed by atoms with Crippen LogP contribution < -0.4 is 15.6 Å². The number of rotatable bonds is 10. The van der Waals surface area contributed by atoms with Gasteiger partial charge in [-0.1, -0.05) is 18.7 Å². The third-order valence-corrected chi connectivity index (χ3v) is 5.03. The highest BCUT2D eigenvalue weighted by molar-refractivity contribution is 5.79. The molecule has 0 spiro atoms. The van der Waals surface area contributed by atoms with E-state index in [1.807, 2.05) is 14.1 Å². The first-order chi connectivity index (χ1) is 15.7. The third kappa shape index (κ3) is 6.40. The van der Waals surface area contributed by atoms with Gasteiger partial charge in [-0.25, -0.2) is 9.37 Å². The second kappa shape index (κ2) is 11.8. The zero-order valence-electron chi connectivity index (χ0n) is 19.8. The average molecular weight is 452 g/mol. The molecule has 0 atom stereocenters. The Balaban J connectivity index is 2.66. The van der Waals surface area contributed by atoms with Crippen LogP contribution in [0.3, 0.4) is 0 Å². The number of ether oxygens (including phenoxy) is 1. The first-order valence-corrected chi connectivity index (χ1v) is 10.5. The Bertz CT molecular complexity index is 1160. The predicted octanol–water partition coefficient (Wildman–Crippen LogP) is 4.16. The highest BCUT2D eigenvalue weighted by Gasteiger charge is 2.18. The molecule has 0 aliphatic carbocycles. The molecule has 0 saturated carbocycles. The second-order valence-corrected chi connectivity index (χ2v) is 7.74. The van der Waals surface area contributed by atoms with Crippen molar-refractivity contribution < 1.29 is 9.13 Å². The predicted molar refractivity (Wildman–Crippen MR) is 131 cm³/mol. The third-order valence-electron chi connectivity index (χ3n) is 5.03. The van der Waals surface area contributed by atoms with Gasteiger partial charge in [0.05, 0.1) is 23.9 Å². The summed E-state index contributed by atoms with van der Waals surface area (Å²) in [4.78, 5) is 20.1. The van der Waals surface area contributed by atoms with Gasteiger partial charge in [-0.15, -0.1) is 0 Å². The van der Waals surface area contributed by atoms with Crippen LogP contribution in [0.1, 0.15) is 19.0 Å². The standard InChI is InChI=1S/C25H30FN5O2/c1-7-18(16-27)21(26)15-17(2)23-22(19-9-11-20(33-6)12-10-19)24(32)31(5)25(29-23)28-13-8-14-30(3)4/h7,9-12,15H,1,8,13-14H2,2-6H3,(H,28,29)/b17-15+,21-18-. The maximum Gasteiger partial charge on any atom is 0.263 e. The number of halogens is 1. The number of aromatic nitrogens is 2. The van der Waals surface area contributed by atoms with Crippen molar-refractivity contribution in [3.8, 4) is 22.9 Å². The normalized spacial score (nSPS) is 12.2. The molecule has 7 nitrogen and oxygen atoms in total. The van der Waals surface area contributed by atoms with Crippen LogP contribution in [0, 0.1) is 11.3 Å². The monoisotopic (exact) mass is 451 g/mol. The SMILES string of the molecule is C=C/C(C#N)=C(F)\C=C(/C)c1nc(NCCCN(C)C)n(C)c(=O)c1-c1ccc(OC)cc1. The highest BCUT2D eigenvalue weighted by atomic mass is 19.1. The first-order valence-electron chi connectivity index (χ1n) is 10.5. The molecule has 8 heteroatoms. The van der Waals surface area contributed by atoms with E-state index < -0.39 is 5.83 Å². The van der Waals surface area contributed by atoms with Crippen molar-refractivity contribution in [3.05, 3.63) is 70.4 Å². The molecule has 0 radical (unpaired) electrons. The summed E-state index contributed by atoms with van der Waals surface area (Å²) in [5.74, 6) is 0.288. The van der Waals surface area contributed by atoms with E-state index in [-0.39, 0.29) is 11.1 Å². The van der Waals surface area contributed by atoms with Gasteiger partial charge in [-0.3, -0.25) is 9.36 Å². The highest BCUT2D eigenvalue weighted by Crippen LogP contribution is 2.28. The van der Waals surface area contributed by atoms with Crippen molar-refractivity contribution in [2.24, 2.45) is 7.05 Å². The van der Waals surface area contributed by atoms with Gasteiger partial charge in [-0.2, -0.15) is 5.26 Å². The fourth-order valence-electron chi connectivity index (χ4n) is 3.19. The Morgan fingerprint density at radius 1 is 1.36 bits per heavy atom. The fraction of sp³-hybridized carbons (Fsp3) is 0.320. The number of methoxy groups -OCH3 is 1. The molecule has 1 aromatic carbocycles. The van der Waals surface area contributed by atoms with Gasteiger partial charge in [-0.05, 0) is 69.4 Å². The number of allylic oxidation sites excluding steroid dienone is 5. The smallest absolute Gasteiger partial charge is 0.263 e. The van der Waals surface area contributed by atoms with Crippen LogP contribution in [0.25, 0.3) is 16.7 Å². The quantitative estimate of drug-likeness (QED) is 0.332. The molecule has 0 bridgehead atoms. The summed E-state index contributed by atoms with van der Waals surface area (Å²) >= 11 is 0. The van der Waals surface area contributed by atoms with Gasteiger partial charge in [0, 0.05) is 13.6 Å². The van der Waals surface area contributed by atoms with Crippen molar-refractivity contribution >= 4 is 11.5 Å².